The molecule has 0 unspecified atom stereocenters. The van der Waals surface area contributed by atoms with Crippen molar-refractivity contribution in [2.45, 2.75) is 52.4 Å². The van der Waals surface area contributed by atoms with Crippen molar-refractivity contribution in [2.24, 2.45) is 4.90 Å². The zero-order valence-corrected chi connectivity index (χ0v) is 30.3. The molecule has 0 amide bonds. The molecular formula is C44H40B2N4O2. The number of carbonyl (C=O) groups is 1. The maximum absolute atomic E-state index is 14.4. The Labute approximate surface area is 304 Å². The van der Waals surface area contributed by atoms with Crippen molar-refractivity contribution in [1.29, 1.82) is 0 Å². The van der Waals surface area contributed by atoms with Gasteiger partial charge in [0, 0.05) is 38.6 Å². The highest BCUT2D eigenvalue weighted by Gasteiger charge is 2.39. The van der Waals surface area contributed by atoms with E-state index in [1.807, 2.05) is 36.4 Å². The molecule has 0 fully saturated rings. The summed E-state index contributed by atoms with van der Waals surface area (Å²) >= 11 is 0. The predicted octanol–water partition coefficient (Wildman–Crippen LogP) is 6.96. The Morgan fingerprint density at radius 1 is 0.596 bits per heavy atom. The molecule has 0 saturated carbocycles. The van der Waals surface area contributed by atoms with E-state index in [0.717, 1.165) is 49.5 Å². The summed E-state index contributed by atoms with van der Waals surface area (Å²) in [6.07, 6.45) is 0. The SMILES string of the molecule is CC(C)(C)c1ccc(B2N=c3/c(=C4\C(=O)C(c5ccc6cccc7c6c5NB(c5ccc(C(C)(C)C)cc5)N7)=C4O)ccc4cccc(c34)N2)cc1. The van der Waals surface area contributed by atoms with Crippen LogP contribution in [0.3, 0.4) is 0 Å². The summed E-state index contributed by atoms with van der Waals surface area (Å²) < 4.78 is 0. The van der Waals surface area contributed by atoms with Crippen LogP contribution in [-0.4, -0.2) is 24.9 Å². The number of ketones is 1. The van der Waals surface area contributed by atoms with Gasteiger partial charge in [0.2, 0.25) is 5.78 Å². The summed E-state index contributed by atoms with van der Waals surface area (Å²) in [5.41, 5.74) is 8.80. The van der Waals surface area contributed by atoms with Gasteiger partial charge in [0.15, 0.2) is 0 Å². The van der Waals surface area contributed by atoms with Gasteiger partial charge in [-0.15, -0.1) is 0 Å². The van der Waals surface area contributed by atoms with Crippen LogP contribution in [0.4, 0.5) is 17.1 Å². The largest absolute Gasteiger partial charge is 0.506 e. The maximum Gasteiger partial charge on any atom is 0.427 e. The number of anilines is 3. The monoisotopic (exact) mass is 678 g/mol. The zero-order valence-electron chi connectivity index (χ0n) is 30.3. The minimum atomic E-state index is -0.343. The lowest BCUT2D eigenvalue weighted by atomic mass is 9.65. The minimum absolute atomic E-state index is 0.00242. The van der Waals surface area contributed by atoms with E-state index in [0.29, 0.717) is 27.3 Å². The van der Waals surface area contributed by atoms with Gasteiger partial charge in [-0.2, -0.15) is 0 Å². The molecular weight excluding hydrogens is 638 g/mol. The third-order valence-electron chi connectivity index (χ3n) is 10.9. The summed E-state index contributed by atoms with van der Waals surface area (Å²) in [5.74, 6) is -0.192. The fourth-order valence-electron chi connectivity index (χ4n) is 7.89. The van der Waals surface area contributed by atoms with Crippen molar-refractivity contribution in [3.63, 3.8) is 0 Å². The summed E-state index contributed by atoms with van der Waals surface area (Å²) in [6.45, 7) is 12.7. The highest BCUT2D eigenvalue weighted by atomic mass is 16.3. The first-order valence-electron chi connectivity index (χ1n) is 18.1. The van der Waals surface area contributed by atoms with Gasteiger partial charge in [-0.3, -0.25) is 4.79 Å². The molecule has 6 aromatic carbocycles. The van der Waals surface area contributed by atoms with Crippen LogP contribution < -0.4 is 37.2 Å². The number of nitrogens with one attached hydrogen (secondary N) is 3. The van der Waals surface area contributed by atoms with Crippen molar-refractivity contribution >= 4 is 80.4 Å². The van der Waals surface area contributed by atoms with E-state index in [2.05, 4.69) is 130 Å². The molecule has 52 heavy (non-hydrogen) atoms. The molecule has 6 aromatic rings. The van der Waals surface area contributed by atoms with Crippen LogP contribution in [0.1, 0.15) is 58.2 Å². The van der Waals surface area contributed by atoms with Crippen LogP contribution in [0, 0.1) is 0 Å². The van der Waals surface area contributed by atoms with Crippen LogP contribution in [0.2, 0.25) is 0 Å². The second kappa shape index (κ2) is 11.4. The lowest BCUT2D eigenvalue weighted by Crippen LogP contribution is -2.48. The Balaban J connectivity index is 1.18. The second-order valence-electron chi connectivity index (χ2n) is 16.3. The molecule has 6 nitrogen and oxygen atoms in total. The number of aliphatic hydroxyl groups is 1. The molecule has 0 aromatic heterocycles. The summed E-state index contributed by atoms with van der Waals surface area (Å²) in [5, 5.41) is 28.3. The summed E-state index contributed by atoms with van der Waals surface area (Å²) in [7, 11) is 0. The fourth-order valence-corrected chi connectivity index (χ4v) is 7.89. The Morgan fingerprint density at radius 2 is 1.17 bits per heavy atom. The first-order chi connectivity index (χ1) is 24.9. The van der Waals surface area contributed by atoms with Gasteiger partial charge in [0.1, 0.15) is 5.76 Å². The highest BCUT2D eigenvalue weighted by Crippen LogP contribution is 2.45. The number of rotatable bonds is 3. The number of allylic oxidation sites excluding steroid dienone is 2. The zero-order chi connectivity index (χ0) is 36.1. The third kappa shape index (κ3) is 5.03. The van der Waals surface area contributed by atoms with Crippen molar-refractivity contribution < 1.29 is 9.90 Å². The molecule has 0 bridgehead atoms. The molecule has 3 aliphatic rings. The van der Waals surface area contributed by atoms with E-state index >= 15 is 0 Å². The van der Waals surface area contributed by atoms with Gasteiger partial charge in [0.05, 0.1) is 16.5 Å². The van der Waals surface area contributed by atoms with Gasteiger partial charge in [-0.1, -0.05) is 139 Å². The van der Waals surface area contributed by atoms with Crippen molar-refractivity contribution in [1.82, 2.24) is 0 Å². The lowest BCUT2D eigenvalue weighted by molar-refractivity contribution is -0.109. The maximum atomic E-state index is 14.4. The minimum Gasteiger partial charge on any atom is -0.506 e. The van der Waals surface area contributed by atoms with E-state index in [1.54, 1.807) is 0 Å². The van der Waals surface area contributed by atoms with E-state index in [1.165, 1.54) is 11.1 Å². The summed E-state index contributed by atoms with van der Waals surface area (Å²) in [4.78, 5) is 19.6. The first kappa shape index (κ1) is 32.2. The van der Waals surface area contributed by atoms with Gasteiger partial charge < -0.3 is 25.7 Å². The molecule has 1 aliphatic carbocycles. The number of carbonyl (C=O) groups excluding carboxylic acids is 1. The molecule has 0 radical (unpaired) electrons. The van der Waals surface area contributed by atoms with Crippen LogP contribution in [0.15, 0.2) is 120 Å². The Morgan fingerprint density at radius 3 is 1.79 bits per heavy atom. The molecule has 2 aliphatic heterocycles. The van der Waals surface area contributed by atoms with Crippen molar-refractivity contribution in [2.75, 3.05) is 15.7 Å². The van der Waals surface area contributed by atoms with E-state index in [4.69, 9.17) is 4.90 Å². The molecule has 8 heteroatoms. The third-order valence-corrected chi connectivity index (χ3v) is 10.9. The standard InChI is InChI=1S/C44H40B2N4O2/c1-43(2,3)27-15-19-29(20-16-27)45-47-33-11-7-9-25-13-23-31(39(49-45)35(25)33)37-41(51)38(42(37)52)32-24-14-26-10-8-12-34-36(26)40(32)50-46(48-34)30-21-17-28(18-22-30)44(4,5)6/h7-24,47-49,51H,1-6H3/b38-32-. The number of aliphatic hydroxyl groups excluding tert-OH is 1. The molecule has 4 N–H and O–H groups in total. The van der Waals surface area contributed by atoms with Crippen molar-refractivity contribution in [3.8, 4) is 0 Å². The van der Waals surface area contributed by atoms with E-state index < -0.39 is 0 Å². The molecule has 0 saturated heterocycles. The highest BCUT2D eigenvalue weighted by molar-refractivity contribution is 6.80. The molecule has 0 atom stereocenters. The Hall–Kier alpha value is -5.75. The average Bonchev–Trinajstić information content (AvgIpc) is 3.13. The van der Waals surface area contributed by atoms with E-state index in [-0.39, 0.29) is 36.3 Å². The van der Waals surface area contributed by atoms with Gasteiger partial charge in [-0.05, 0) is 55.8 Å². The second-order valence-corrected chi connectivity index (χ2v) is 16.3. The number of hydrogen-bond donors (Lipinski definition) is 4. The van der Waals surface area contributed by atoms with E-state index in [9.17, 15) is 9.90 Å². The Bertz CT molecular complexity index is 2650. The Kier molecular flexibility index (Phi) is 7.04. The van der Waals surface area contributed by atoms with Crippen LogP contribution in [-0.2, 0) is 15.6 Å². The average molecular weight is 678 g/mol. The van der Waals surface area contributed by atoms with Crippen molar-refractivity contribution in [3.05, 3.63) is 142 Å². The van der Waals surface area contributed by atoms with Gasteiger partial charge in [0.25, 0.3) is 0 Å². The van der Waals surface area contributed by atoms with Crippen LogP contribution in [0.25, 0.3) is 32.7 Å². The number of hydrogen-bond acceptors (Lipinski definition) is 6. The molecule has 254 valence electrons. The first-order valence-corrected chi connectivity index (χ1v) is 18.1. The van der Waals surface area contributed by atoms with Gasteiger partial charge in [-0.25, -0.2) is 0 Å². The number of Topliss-reactive ketones (excluding diaryl/α,β-unsaturated/α-hetero) is 1. The quantitative estimate of drug-likeness (QED) is 0.152. The van der Waals surface area contributed by atoms with Crippen LogP contribution >= 0.6 is 0 Å². The molecule has 2 heterocycles. The predicted molar refractivity (Wildman–Crippen MR) is 219 cm³/mol. The number of benzene rings is 6. The summed E-state index contributed by atoms with van der Waals surface area (Å²) in [6, 6.07) is 37.5. The molecule has 9 rings (SSSR count). The van der Waals surface area contributed by atoms with Gasteiger partial charge >= 0.3 is 14.0 Å². The lowest BCUT2D eigenvalue weighted by Gasteiger charge is -2.31. The smallest absolute Gasteiger partial charge is 0.427 e. The fraction of sp³-hybridized carbons (Fsp3) is 0.182. The normalized spacial score (nSPS) is 16.3. The van der Waals surface area contributed by atoms with Crippen LogP contribution in [0.5, 0.6) is 0 Å². The topological polar surface area (TPSA) is 85.8 Å². The number of nitrogens with zero attached hydrogens (tertiary/aromatic N) is 1. The molecule has 0 spiro atoms.